The van der Waals surface area contributed by atoms with E-state index in [0.29, 0.717) is 59.3 Å². The summed E-state index contributed by atoms with van der Waals surface area (Å²) in [6.45, 7) is 1.07. The molecule has 1 fully saturated rings. The molecule has 6 rings (SSSR count). The van der Waals surface area contributed by atoms with Crippen molar-refractivity contribution in [1.82, 2.24) is 14.9 Å². The highest BCUT2D eigenvalue weighted by molar-refractivity contribution is 8.04. The Balaban J connectivity index is 1.23. The summed E-state index contributed by atoms with van der Waals surface area (Å²) in [6.07, 6.45) is 1.29. The van der Waals surface area contributed by atoms with Crippen LogP contribution in [-0.2, 0) is 9.53 Å². The third kappa shape index (κ3) is 2.90. The highest BCUT2D eigenvalue weighted by atomic mass is 32.2. The van der Waals surface area contributed by atoms with E-state index in [1.165, 1.54) is 11.8 Å². The Labute approximate surface area is 187 Å². The van der Waals surface area contributed by atoms with Crippen molar-refractivity contribution >= 4 is 46.0 Å². The fraction of sp³-hybridized carbons (Fsp3) is 0.250. The summed E-state index contributed by atoms with van der Waals surface area (Å²) in [4.78, 5) is 47.8. The summed E-state index contributed by atoms with van der Waals surface area (Å²) in [7, 11) is 0. The number of ether oxygens (including phenoxy) is 1. The Morgan fingerprint density at radius 3 is 2.50 bits per heavy atom. The summed E-state index contributed by atoms with van der Waals surface area (Å²) in [5.74, 6) is 0.353. The highest BCUT2D eigenvalue weighted by Gasteiger charge is 2.46. The largest absolute Gasteiger partial charge is 0.484 e. The lowest BCUT2D eigenvalue weighted by atomic mass is 9.90. The van der Waals surface area contributed by atoms with E-state index < -0.39 is 17.2 Å². The molecule has 0 atom stereocenters. The first kappa shape index (κ1) is 19.3. The standard InChI is InChI=1S/C24H19N3O4S/c28-18-14-5-1-2-6-15(14)20-21(19(18)29)32-13-24(31-20)9-11-27(12-10-24)23(30)22-25-16-7-3-4-8-17(16)26-22/h1-8H,9-13H2,(H,25,26). The van der Waals surface area contributed by atoms with Gasteiger partial charge in [-0.25, -0.2) is 4.98 Å². The monoisotopic (exact) mass is 445 g/mol. The number of piperidine rings is 1. The van der Waals surface area contributed by atoms with Crippen LogP contribution in [0.3, 0.4) is 0 Å². The zero-order valence-corrected chi connectivity index (χ0v) is 17.9. The van der Waals surface area contributed by atoms with Crippen LogP contribution in [0.2, 0.25) is 0 Å². The number of ketones is 2. The van der Waals surface area contributed by atoms with Crippen LogP contribution < -0.4 is 0 Å². The minimum Gasteiger partial charge on any atom is -0.484 e. The summed E-state index contributed by atoms with van der Waals surface area (Å²) in [5.41, 5.74) is 2.21. The molecular weight excluding hydrogens is 426 g/mol. The lowest BCUT2D eigenvalue weighted by molar-refractivity contribution is -0.111. The molecule has 2 aromatic carbocycles. The van der Waals surface area contributed by atoms with Gasteiger partial charge in [-0.1, -0.05) is 36.4 Å². The van der Waals surface area contributed by atoms with Gasteiger partial charge in [-0.05, 0) is 12.1 Å². The van der Waals surface area contributed by atoms with Crippen molar-refractivity contribution in [1.29, 1.82) is 0 Å². The number of amides is 1. The number of aromatic nitrogens is 2. The molecule has 0 saturated carbocycles. The predicted octanol–water partition coefficient (Wildman–Crippen LogP) is 3.44. The van der Waals surface area contributed by atoms with E-state index in [1.54, 1.807) is 17.0 Å². The summed E-state index contributed by atoms with van der Waals surface area (Å²) in [5, 5.41) is 0. The number of allylic oxidation sites excluding steroid dienone is 1. The number of benzene rings is 2. The number of hydrogen-bond acceptors (Lipinski definition) is 6. The summed E-state index contributed by atoms with van der Waals surface area (Å²) >= 11 is 1.40. The smallest absolute Gasteiger partial charge is 0.289 e. The maximum atomic E-state index is 13.0. The van der Waals surface area contributed by atoms with Gasteiger partial charge in [0.2, 0.25) is 11.6 Å². The number of carbonyl (C=O) groups is 3. The van der Waals surface area contributed by atoms with Gasteiger partial charge in [0, 0.05) is 42.8 Å². The molecule has 2 aliphatic heterocycles. The molecule has 1 aromatic heterocycles. The second-order valence-corrected chi connectivity index (χ2v) is 9.32. The molecule has 0 bridgehead atoms. The Kier molecular flexibility index (Phi) is 4.26. The van der Waals surface area contributed by atoms with Gasteiger partial charge in [-0.15, -0.1) is 11.8 Å². The number of H-pyrrole nitrogens is 1. The fourth-order valence-corrected chi connectivity index (χ4v) is 5.84. The Morgan fingerprint density at radius 2 is 1.72 bits per heavy atom. The number of nitrogens with one attached hydrogen (secondary N) is 1. The highest BCUT2D eigenvalue weighted by Crippen LogP contribution is 2.47. The molecule has 32 heavy (non-hydrogen) atoms. The molecule has 0 unspecified atom stereocenters. The van der Waals surface area contributed by atoms with Crippen molar-refractivity contribution in [2.45, 2.75) is 18.4 Å². The normalized spacial score (nSPS) is 19.7. The van der Waals surface area contributed by atoms with Crippen molar-refractivity contribution in [3.63, 3.8) is 0 Å². The Hall–Kier alpha value is -3.39. The number of para-hydroxylation sites is 2. The lowest BCUT2D eigenvalue weighted by Gasteiger charge is -2.45. The van der Waals surface area contributed by atoms with E-state index >= 15 is 0 Å². The van der Waals surface area contributed by atoms with Crippen molar-refractivity contribution in [3.05, 3.63) is 70.4 Å². The average molecular weight is 446 g/mol. The van der Waals surface area contributed by atoms with Crippen LogP contribution >= 0.6 is 11.8 Å². The lowest BCUT2D eigenvalue weighted by Crippen LogP contribution is -2.51. The first-order chi connectivity index (χ1) is 15.5. The predicted molar refractivity (Wildman–Crippen MR) is 120 cm³/mol. The number of likely N-dealkylation sites (tertiary alicyclic amines) is 1. The Bertz CT molecular complexity index is 1300. The van der Waals surface area contributed by atoms with E-state index in [-0.39, 0.29) is 5.91 Å². The van der Waals surface area contributed by atoms with Gasteiger partial charge in [0.15, 0.2) is 5.82 Å². The van der Waals surface area contributed by atoms with Gasteiger partial charge in [0.1, 0.15) is 16.3 Å². The summed E-state index contributed by atoms with van der Waals surface area (Å²) in [6, 6.07) is 14.7. The van der Waals surface area contributed by atoms with E-state index in [2.05, 4.69) is 9.97 Å². The number of imidazole rings is 1. The SMILES string of the molecule is O=C1C(=O)c2ccccc2C2=C1SCC1(CCN(C(=O)c3nc4ccccc4[nH]3)CC1)O2. The zero-order valence-electron chi connectivity index (χ0n) is 17.1. The van der Waals surface area contributed by atoms with Gasteiger partial charge in [-0.2, -0.15) is 0 Å². The Morgan fingerprint density at radius 1 is 1.00 bits per heavy atom. The number of carbonyl (C=O) groups excluding carboxylic acids is 3. The van der Waals surface area contributed by atoms with Crippen LogP contribution in [0.1, 0.15) is 39.4 Å². The molecule has 1 saturated heterocycles. The molecule has 8 heteroatoms. The number of nitrogens with zero attached hydrogens (tertiary/aromatic N) is 2. The molecule has 160 valence electrons. The number of fused-ring (bicyclic) bond motifs is 3. The molecule has 1 spiro atoms. The van der Waals surface area contributed by atoms with E-state index in [1.807, 2.05) is 36.4 Å². The van der Waals surface area contributed by atoms with E-state index in [4.69, 9.17) is 4.74 Å². The van der Waals surface area contributed by atoms with Crippen molar-refractivity contribution in [2.24, 2.45) is 0 Å². The maximum absolute atomic E-state index is 13.0. The minimum absolute atomic E-state index is 0.122. The van der Waals surface area contributed by atoms with E-state index in [0.717, 1.165) is 11.0 Å². The quantitative estimate of drug-likeness (QED) is 0.577. The molecule has 1 amide bonds. The zero-order chi connectivity index (χ0) is 21.9. The van der Waals surface area contributed by atoms with Gasteiger partial charge < -0.3 is 14.6 Å². The second kappa shape index (κ2) is 7.06. The maximum Gasteiger partial charge on any atom is 0.289 e. The molecule has 3 aliphatic rings. The first-order valence-corrected chi connectivity index (χ1v) is 11.5. The van der Waals surface area contributed by atoms with Crippen LogP contribution in [-0.4, -0.2) is 56.8 Å². The number of hydrogen-bond donors (Lipinski definition) is 1. The number of thioether (sulfide) groups is 1. The van der Waals surface area contributed by atoms with Crippen LogP contribution in [0.4, 0.5) is 0 Å². The van der Waals surface area contributed by atoms with Gasteiger partial charge in [0.25, 0.3) is 5.91 Å². The van der Waals surface area contributed by atoms with Crippen molar-refractivity contribution in [3.8, 4) is 0 Å². The summed E-state index contributed by atoms with van der Waals surface area (Å²) < 4.78 is 6.47. The van der Waals surface area contributed by atoms with Gasteiger partial charge in [-0.3, -0.25) is 14.4 Å². The molecule has 1 aliphatic carbocycles. The molecule has 3 heterocycles. The first-order valence-electron chi connectivity index (χ1n) is 10.5. The van der Waals surface area contributed by atoms with Crippen LogP contribution in [0.25, 0.3) is 16.8 Å². The molecule has 0 radical (unpaired) electrons. The molecule has 3 aromatic rings. The number of rotatable bonds is 1. The molecule has 1 N–H and O–H groups in total. The van der Waals surface area contributed by atoms with Crippen LogP contribution in [0, 0.1) is 0 Å². The van der Waals surface area contributed by atoms with Crippen molar-refractivity contribution in [2.75, 3.05) is 18.8 Å². The topological polar surface area (TPSA) is 92.4 Å². The minimum atomic E-state index is -0.490. The number of Topliss-reactive ketones (excluding diaryl/α,β-unsaturated/α-hetero) is 2. The van der Waals surface area contributed by atoms with Crippen LogP contribution in [0.5, 0.6) is 0 Å². The molecular formula is C24H19N3O4S. The molecule has 7 nitrogen and oxygen atoms in total. The third-order valence-electron chi connectivity index (χ3n) is 6.39. The third-order valence-corrected chi connectivity index (χ3v) is 7.72. The van der Waals surface area contributed by atoms with Crippen LogP contribution in [0.15, 0.2) is 53.4 Å². The van der Waals surface area contributed by atoms with Crippen molar-refractivity contribution < 1.29 is 19.1 Å². The fourth-order valence-electron chi connectivity index (χ4n) is 4.58. The number of aromatic amines is 1. The average Bonchev–Trinajstić information content (AvgIpc) is 3.27. The van der Waals surface area contributed by atoms with E-state index in [9.17, 15) is 14.4 Å². The second-order valence-electron chi connectivity index (χ2n) is 8.33. The van der Waals surface area contributed by atoms with Gasteiger partial charge in [0.05, 0.1) is 11.0 Å². The van der Waals surface area contributed by atoms with Gasteiger partial charge >= 0.3 is 0 Å².